The number of ether oxygens (including phenoxy) is 2. The lowest BCUT2D eigenvalue weighted by Gasteiger charge is -2.40. The number of carbonyl (C=O) groups excluding carboxylic acids is 1. The molecule has 2 aromatic carbocycles. The zero-order chi connectivity index (χ0) is 23.5. The van der Waals surface area contributed by atoms with Gasteiger partial charge >= 0.3 is 0 Å². The first-order valence-electron chi connectivity index (χ1n) is 10.2. The maximum atomic E-state index is 12.6. The molecule has 0 bridgehead atoms. The molecule has 8 nitrogen and oxygen atoms in total. The van der Waals surface area contributed by atoms with E-state index in [2.05, 4.69) is 0 Å². The SMILES string of the molecule is C[C@@H]1CN([C@@H](CN(c2ccc(Oc3ccc(Cl)cc3)cc2)S(C)(=O)=O)C(N)=O)C[C@H](C)O1. The molecule has 174 valence electrons. The van der Waals surface area contributed by atoms with E-state index in [9.17, 15) is 13.2 Å². The molecule has 0 unspecified atom stereocenters. The monoisotopic (exact) mass is 481 g/mol. The summed E-state index contributed by atoms with van der Waals surface area (Å²) in [6.45, 7) is 4.71. The van der Waals surface area contributed by atoms with Crippen LogP contribution in [0, 0.1) is 0 Å². The van der Waals surface area contributed by atoms with Gasteiger partial charge in [-0.15, -0.1) is 0 Å². The van der Waals surface area contributed by atoms with Crippen LogP contribution in [0.1, 0.15) is 13.8 Å². The van der Waals surface area contributed by atoms with Crippen LogP contribution in [-0.2, 0) is 19.6 Å². The summed E-state index contributed by atoms with van der Waals surface area (Å²) in [4.78, 5) is 14.2. The number of anilines is 1. The second kappa shape index (κ2) is 10.1. The highest BCUT2D eigenvalue weighted by Crippen LogP contribution is 2.27. The van der Waals surface area contributed by atoms with Crippen LogP contribution in [0.15, 0.2) is 48.5 Å². The number of hydrogen-bond donors (Lipinski definition) is 1. The van der Waals surface area contributed by atoms with Crippen LogP contribution in [0.25, 0.3) is 0 Å². The normalized spacial score (nSPS) is 20.5. The van der Waals surface area contributed by atoms with Crippen molar-refractivity contribution in [2.45, 2.75) is 32.1 Å². The molecule has 3 rings (SSSR count). The Labute approximate surface area is 193 Å². The highest BCUT2D eigenvalue weighted by molar-refractivity contribution is 7.92. The summed E-state index contributed by atoms with van der Waals surface area (Å²) in [5.41, 5.74) is 6.09. The maximum Gasteiger partial charge on any atom is 0.236 e. The van der Waals surface area contributed by atoms with Crippen LogP contribution >= 0.6 is 11.6 Å². The van der Waals surface area contributed by atoms with E-state index >= 15 is 0 Å². The van der Waals surface area contributed by atoms with Crippen molar-refractivity contribution in [2.75, 3.05) is 30.2 Å². The lowest BCUT2D eigenvalue weighted by Crippen LogP contribution is -2.58. The van der Waals surface area contributed by atoms with Gasteiger partial charge in [0.1, 0.15) is 17.5 Å². The van der Waals surface area contributed by atoms with Gasteiger partial charge in [0.25, 0.3) is 0 Å². The number of benzene rings is 2. The molecule has 10 heteroatoms. The van der Waals surface area contributed by atoms with Gasteiger partial charge in [0.15, 0.2) is 0 Å². The lowest BCUT2D eigenvalue weighted by atomic mass is 10.1. The second-order valence-electron chi connectivity index (χ2n) is 7.97. The molecule has 1 amide bonds. The van der Waals surface area contributed by atoms with Gasteiger partial charge in [-0.3, -0.25) is 14.0 Å². The van der Waals surface area contributed by atoms with E-state index in [0.717, 1.165) is 6.26 Å². The van der Waals surface area contributed by atoms with Crippen molar-refractivity contribution >= 4 is 33.2 Å². The van der Waals surface area contributed by atoms with Gasteiger partial charge in [-0.2, -0.15) is 0 Å². The average molecular weight is 482 g/mol. The summed E-state index contributed by atoms with van der Waals surface area (Å²) in [5.74, 6) is 0.556. The molecular formula is C22H28ClN3O5S. The molecule has 1 saturated heterocycles. The molecule has 2 N–H and O–H groups in total. The molecule has 0 saturated carbocycles. The molecule has 0 spiro atoms. The third-order valence-electron chi connectivity index (χ3n) is 5.13. The summed E-state index contributed by atoms with van der Waals surface area (Å²) < 4.78 is 37.9. The predicted molar refractivity (Wildman–Crippen MR) is 125 cm³/mol. The van der Waals surface area contributed by atoms with E-state index in [1.165, 1.54) is 4.31 Å². The minimum Gasteiger partial charge on any atom is -0.457 e. The number of nitrogens with zero attached hydrogens (tertiary/aromatic N) is 2. The van der Waals surface area contributed by atoms with Crippen molar-refractivity contribution in [1.29, 1.82) is 0 Å². The summed E-state index contributed by atoms with van der Waals surface area (Å²) >= 11 is 5.89. The number of hydrogen-bond acceptors (Lipinski definition) is 6. The molecular weight excluding hydrogens is 454 g/mol. The Morgan fingerprint density at radius 1 is 1.12 bits per heavy atom. The lowest BCUT2D eigenvalue weighted by molar-refractivity contribution is -0.129. The number of nitrogens with two attached hydrogens (primary N) is 1. The summed E-state index contributed by atoms with van der Waals surface area (Å²) in [6, 6.07) is 12.7. The van der Waals surface area contributed by atoms with Crippen LogP contribution in [0.5, 0.6) is 11.5 Å². The van der Waals surface area contributed by atoms with Crippen molar-refractivity contribution in [2.24, 2.45) is 5.73 Å². The number of primary amides is 1. The van der Waals surface area contributed by atoms with Crippen LogP contribution in [0.4, 0.5) is 5.69 Å². The van der Waals surface area contributed by atoms with E-state index in [0.29, 0.717) is 35.3 Å². The van der Waals surface area contributed by atoms with Crippen molar-refractivity contribution in [3.05, 3.63) is 53.6 Å². The van der Waals surface area contributed by atoms with Crippen LogP contribution in [0.2, 0.25) is 5.02 Å². The van der Waals surface area contributed by atoms with Crippen LogP contribution in [-0.4, -0.2) is 63.4 Å². The van der Waals surface area contributed by atoms with E-state index in [1.54, 1.807) is 48.5 Å². The molecule has 0 aliphatic carbocycles. The van der Waals surface area contributed by atoms with Gasteiger partial charge in [-0.05, 0) is 62.4 Å². The Bertz CT molecular complexity index is 1020. The van der Waals surface area contributed by atoms with Gasteiger partial charge < -0.3 is 15.2 Å². The van der Waals surface area contributed by atoms with Crippen molar-refractivity contribution in [3.8, 4) is 11.5 Å². The molecule has 1 fully saturated rings. The first-order valence-corrected chi connectivity index (χ1v) is 12.5. The van der Waals surface area contributed by atoms with Gasteiger partial charge in [0.2, 0.25) is 15.9 Å². The fourth-order valence-electron chi connectivity index (χ4n) is 3.77. The quantitative estimate of drug-likeness (QED) is 0.622. The van der Waals surface area contributed by atoms with Crippen molar-refractivity contribution in [1.82, 2.24) is 4.90 Å². The van der Waals surface area contributed by atoms with E-state index in [-0.39, 0.29) is 18.8 Å². The number of amides is 1. The van der Waals surface area contributed by atoms with E-state index < -0.39 is 22.0 Å². The highest BCUT2D eigenvalue weighted by atomic mass is 35.5. The minimum atomic E-state index is -3.68. The topological polar surface area (TPSA) is 102 Å². The minimum absolute atomic E-state index is 0.0865. The number of morpholine rings is 1. The third kappa shape index (κ3) is 6.35. The van der Waals surface area contributed by atoms with Gasteiger partial charge in [-0.1, -0.05) is 11.6 Å². The van der Waals surface area contributed by atoms with Gasteiger partial charge in [-0.25, -0.2) is 8.42 Å². The summed E-state index contributed by atoms with van der Waals surface area (Å²) in [7, 11) is -3.68. The van der Waals surface area contributed by atoms with E-state index in [1.807, 2.05) is 18.7 Å². The summed E-state index contributed by atoms with van der Waals surface area (Å²) in [5, 5.41) is 0.601. The Morgan fingerprint density at radius 3 is 2.09 bits per heavy atom. The summed E-state index contributed by atoms with van der Waals surface area (Å²) in [6.07, 6.45) is 0.932. The maximum absolute atomic E-state index is 12.6. The van der Waals surface area contributed by atoms with Gasteiger partial charge in [0, 0.05) is 18.1 Å². The predicted octanol–water partition coefficient (Wildman–Crippen LogP) is 2.86. The molecule has 0 radical (unpaired) electrons. The smallest absolute Gasteiger partial charge is 0.236 e. The van der Waals surface area contributed by atoms with Crippen molar-refractivity contribution in [3.63, 3.8) is 0 Å². The number of rotatable bonds is 8. The molecule has 1 aliphatic heterocycles. The van der Waals surface area contributed by atoms with Crippen molar-refractivity contribution < 1.29 is 22.7 Å². The Balaban J connectivity index is 1.81. The fraction of sp³-hybridized carbons (Fsp3) is 0.409. The average Bonchev–Trinajstić information content (AvgIpc) is 2.69. The number of halogens is 1. The molecule has 32 heavy (non-hydrogen) atoms. The molecule has 2 aromatic rings. The number of carbonyl (C=O) groups is 1. The number of sulfonamides is 1. The van der Waals surface area contributed by atoms with E-state index in [4.69, 9.17) is 26.8 Å². The molecule has 1 aliphatic rings. The standard InChI is InChI=1S/C22H28ClN3O5S/c1-15-12-25(13-16(2)30-15)21(22(24)27)14-26(32(3,28)29)18-6-10-20(11-7-18)31-19-8-4-17(23)5-9-19/h4-11,15-16,21H,12-14H2,1-3H3,(H2,24,27)/t15-,16+,21-/m0/s1. The van der Waals surface area contributed by atoms with Crippen LogP contribution < -0.4 is 14.8 Å². The van der Waals surface area contributed by atoms with Crippen LogP contribution in [0.3, 0.4) is 0 Å². The second-order valence-corrected chi connectivity index (χ2v) is 10.3. The first kappa shape index (κ1) is 24.3. The Hall–Kier alpha value is -2.33. The highest BCUT2D eigenvalue weighted by Gasteiger charge is 2.34. The third-order valence-corrected chi connectivity index (χ3v) is 6.54. The Morgan fingerprint density at radius 2 is 1.62 bits per heavy atom. The fourth-order valence-corrected chi connectivity index (χ4v) is 4.81. The van der Waals surface area contributed by atoms with Gasteiger partial charge in [0.05, 0.1) is 30.7 Å². The largest absolute Gasteiger partial charge is 0.457 e. The molecule has 0 aromatic heterocycles. The molecule has 1 heterocycles. The zero-order valence-corrected chi connectivity index (χ0v) is 19.8. The molecule has 3 atom stereocenters. The zero-order valence-electron chi connectivity index (χ0n) is 18.3. The first-order chi connectivity index (χ1) is 15.0. The Kier molecular flexibility index (Phi) is 7.66.